The maximum Gasteiger partial charge on any atom is 0.00957 e. The van der Waals surface area contributed by atoms with Crippen molar-refractivity contribution in [1.82, 2.24) is 4.90 Å². The third kappa shape index (κ3) is 0.983. The minimum Gasteiger partial charge on any atom is -0.300 e. The molecular weight excluding hydrogens is 110 g/mol. The summed E-state index contributed by atoms with van der Waals surface area (Å²) in [5.41, 5.74) is 0. The normalized spacial score (nSPS) is 36.7. The maximum absolute atomic E-state index is 2.67. The van der Waals surface area contributed by atoms with Crippen molar-refractivity contribution in [2.24, 2.45) is 0 Å². The van der Waals surface area contributed by atoms with Crippen LogP contribution in [0.1, 0.15) is 32.1 Å². The van der Waals surface area contributed by atoms with Gasteiger partial charge in [-0.1, -0.05) is 6.42 Å². The summed E-state index contributed by atoms with van der Waals surface area (Å²) in [6, 6.07) is 0.999. The van der Waals surface area contributed by atoms with Gasteiger partial charge < -0.3 is 4.90 Å². The number of piperidine rings is 1. The van der Waals surface area contributed by atoms with Crippen molar-refractivity contribution in [3.63, 3.8) is 0 Å². The monoisotopic (exact) mass is 125 g/mol. The molecule has 0 amide bonds. The summed E-state index contributed by atoms with van der Waals surface area (Å²) in [4.78, 5) is 2.67. The van der Waals surface area contributed by atoms with Gasteiger partial charge in [0.15, 0.2) is 0 Å². The van der Waals surface area contributed by atoms with E-state index in [0.717, 1.165) is 6.04 Å². The van der Waals surface area contributed by atoms with Crippen molar-refractivity contribution < 1.29 is 0 Å². The van der Waals surface area contributed by atoms with Crippen LogP contribution in [0, 0.1) is 0 Å². The Bertz CT molecular complexity index is 88.7. The van der Waals surface area contributed by atoms with Crippen LogP contribution in [-0.4, -0.2) is 24.0 Å². The SMILES string of the molecule is C1CCN2CCCC2C1. The van der Waals surface area contributed by atoms with Crippen LogP contribution >= 0.6 is 0 Å². The Kier molecular flexibility index (Phi) is 1.46. The summed E-state index contributed by atoms with van der Waals surface area (Å²) in [6.07, 6.45) is 7.38. The lowest BCUT2D eigenvalue weighted by atomic mass is 10.0. The third-order valence-electron chi connectivity index (χ3n) is 2.73. The van der Waals surface area contributed by atoms with E-state index in [9.17, 15) is 0 Å². The number of fused-ring (bicyclic) bond motifs is 1. The van der Waals surface area contributed by atoms with Crippen LogP contribution in [0.5, 0.6) is 0 Å². The Hall–Kier alpha value is -0.0400. The first-order valence-corrected chi connectivity index (χ1v) is 4.21. The molecule has 2 heterocycles. The van der Waals surface area contributed by atoms with Gasteiger partial charge >= 0.3 is 0 Å². The summed E-state index contributed by atoms with van der Waals surface area (Å²) in [5.74, 6) is 0. The molecule has 0 aromatic heterocycles. The first-order chi connectivity index (χ1) is 4.47. The fourth-order valence-corrected chi connectivity index (χ4v) is 2.21. The van der Waals surface area contributed by atoms with Crippen LogP contribution in [0.4, 0.5) is 0 Å². The van der Waals surface area contributed by atoms with Crippen molar-refractivity contribution in [3.8, 4) is 0 Å². The first kappa shape index (κ1) is 5.72. The van der Waals surface area contributed by atoms with Crippen molar-refractivity contribution in [2.45, 2.75) is 38.1 Å². The number of rotatable bonds is 0. The lowest BCUT2D eigenvalue weighted by Crippen LogP contribution is -2.33. The topological polar surface area (TPSA) is 3.24 Å². The third-order valence-corrected chi connectivity index (χ3v) is 2.73. The second-order valence-electron chi connectivity index (χ2n) is 3.33. The van der Waals surface area contributed by atoms with Crippen LogP contribution in [-0.2, 0) is 0 Å². The van der Waals surface area contributed by atoms with Crippen molar-refractivity contribution in [2.75, 3.05) is 13.1 Å². The Morgan fingerprint density at radius 2 is 1.67 bits per heavy atom. The van der Waals surface area contributed by atoms with Gasteiger partial charge in [-0.05, 0) is 38.8 Å². The van der Waals surface area contributed by atoms with E-state index < -0.39 is 0 Å². The number of nitrogens with zero attached hydrogens (tertiary/aromatic N) is 1. The molecule has 1 heteroatoms. The molecule has 0 aromatic rings. The number of hydrogen-bond acceptors (Lipinski definition) is 1. The molecule has 2 aliphatic rings. The molecule has 0 aromatic carbocycles. The van der Waals surface area contributed by atoms with Gasteiger partial charge in [-0.2, -0.15) is 0 Å². The molecule has 9 heavy (non-hydrogen) atoms. The lowest BCUT2D eigenvalue weighted by molar-refractivity contribution is 0.198. The van der Waals surface area contributed by atoms with Gasteiger partial charge in [0.2, 0.25) is 0 Å². The summed E-state index contributed by atoms with van der Waals surface area (Å²) >= 11 is 0. The molecule has 2 aliphatic heterocycles. The molecule has 2 saturated heterocycles. The predicted octanol–water partition coefficient (Wildman–Crippen LogP) is 1.63. The average molecular weight is 125 g/mol. The summed E-state index contributed by atoms with van der Waals surface area (Å²) in [7, 11) is 0. The van der Waals surface area contributed by atoms with Gasteiger partial charge in [0, 0.05) is 6.04 Å². The summed E-state index contributed by atoms with van der Waals surface area (Å²) < 4.78 is 0. The quantitative estimate of drug-likeness (QED) is 0.475. The molecule has 0 spiro atoms. The van der Waals surface area contributed by atoms with Gasteiger partial charge in [0.05, 0.1) is 0 Å². The van der Waals surface area contributed by atoms with E-state index >= 15 is 0 Å². The standard InChI is InChI=1S/C8H15N/c1-2-6-9-7-3-5-8(9)4-1/h8H,1-7H2. The molecule has 0 aliphatic carbocycles. The van der Waals surface area contributed by atoms with Crippen LogP contribution in [0.3, 0.4) is 0 Å². The molecule has 1 unspecified atom stereocenters. The van der Waals surface area contributed by atoms with E-state index in [1.165, 1.54) is 45.2 Å². The fourth-order valence-electron chi connectivity index (χ4n) is 2.21. The minimum atomic E-state index is 0.999. The molecule has 0 N–H and O–H groups in total. The summed E-state index contributed by atoms with van der Waals surface area (Å²) in [5, 5.41) is 0. The van der Waals surface area contributed by atoms with Crippen molar-refractivity contribution in [3.05, 3.63) is 0 Å². The smallest absolute Gasteiger partial charge is 0.00957 e. The fraction of sp³-hybridized carbons (Fsp3) is 1.00. The van der Waals surface area contributed by atoms with Gasteiger partial charge in [0.1, 0.15) is 0 Å². The highest BCUT2D eigenvalue weighted by molar-refractivity contribution is 4.81. The number of hydrogen-bond donors (Lipinski definition) is 0. The Labute approximate surface area is 57.0 Å². The van der Waals surface area contributed by atoms with Crippen LogP contribution in [0.15, 0.2) is 0 Å². The molecule has 2 fully saturated rings. The summed E-state index contributed by atoms with van der Waals surface area (Å²) in [6.45, 7) is 2.79. The zero-order chi connectivity index (χ0) is 6.10. The zero-order valence-electron chi connectivity index (χ0n) is 5.97. The highest BCUT2D eigenvalue weighted by Gasteiger charge is 2.25. The van der Waals surface area contributed by atoms with E-state index in [1.54, 1.807) is 0 Å². The van der Waals surface area contributed by atoms with Crippen LogP contribution in [0.2, 0.25) is 0 Å². The molecular formula is C8H15N. The van der Waals surface area contributed by atoms with Gasteiger partial charge in [0.25, 0.3) is 0 Å². The minimum absolute atomic E-state index is 0.999. The molecule has 0 radical (unpaired) electrons. The zero-order valence-corrected chi connectivity index (χ0v) is 5.97. The van der Waals surface area contributed by atoms with E-state index in [2.05, 4.69) is 4.90 Å². The highest BCUT2D eigenvalue weighted by atomic mass is 15.2. The lowest BCUT2D eigenvalue weighted by Gasteiger charge is -2.28. The Morgan fingerprint density at radius 3 is 2.56 bits per heavy atom. The van der Waals surface area contributed by atoms with Crippen molar-refractivity contribution >= 4 is 0 Å². The van der Waals surface area contributed by atoms with E-state index in [-0.39, 0.29) is 0 Å². The largest absolute Gasteiger partial charge is 0.300 e. The van der Waals surface area contributed by atoms with Crippen LogP contribution < -0.4 is 0 Å². The molecule has 52 valence electrons. The van der Waals surface area contributed by atoms with Gasteiger partial charge in [-0.3, -0.25) is 0 Å². The predicted molar refractivity (Wildman–Crippen MR) is 38.4 cm³/mol. The Balaban J connectivity index is 1.97. The highest BCUT2D eigenvalue weighted by Crippen LogP contribution is 2.25. The van der Waals surface area contributed by atoms with E-state index in [1.807, 2.05) is 0 Å². The first-order valence-electron chi connectivity index (χ1n) is 4.21. The molecule has 2 rings (SSSR count). The molecule has 0 bridgehead atoms. The molecule has 1 nitrogen and oxygen atoms in total. The second kappa shape index (κ2) is 2.30. The van der Waals surface area contributed by atoms with Crippen molar-refractivity contribution in [1.29, 1.82) is 0 Å². The maximum atomic E-state index is 2.67. The molecule has 1 atom stereocenters. The van der Waals surface area contributed by atoms with Gasteiger partial charge in [-0.25, -0.2) is 0 Å². The second-order valence-corrected chi connectivity index (χ2v) is 3.33. The van der Waals surface area contributed by atoms with E-state index in [0.29, 0.717) is 0 Å². The van der Waals surface area contributed by atoms with Crippen LogP contribution in [0.25, 0.3) is 0 Å². The van der Waals surface area contributed by atoms with E-state index in [4.69, 9.17) is 0 Å². The Morgan fingerprint density at radius 1 is 0.889 bits per heavy atom. The average Bonchev–Trinajstić information content (AvgIpc) is 2.33. The molecule has 0 saturated carbocycles. The van der Waals surface area contributed by atoms with Gasteiger partial charge in [-0.15, -0.1) is 0 Å².